The number of aliphatic carboxylic acids is 1. The third-order valence-electron chi connectivity index (χ3n) is 2.19. The molecule has 1 rings (SSSR count). The lowest BCUT2D eigenvalue weighted by Crippen LogP contribution is -2.27. The van der Waals surface area contributed by atoms with Crippen molar-refractivity contribution in [2.75, 3.05) is 13.2 Å². The van der Waals surface area contributed by atoms with Crippen LogP contribution in [0.3, 0.4) is 0 Å². The fourth-order valence-corrected chi connectivity index (χ4v) is 1.26. The minimum Gasteiger partial charge on any atom is -0.482 e. The Morgan fingerprint density at radius 2 is 1.88 bits per heavy atom. The van der Waals surface area contributed by atoms with Crippen molar-refractivity contribution >= 4 is 5.97 Å². The van der Waals surface area contributed by atoms with Crippen LogP contribution in [-0.2, 0) is 4.79 Å². The van der Waals surface area contributed by atoms with Crippen LogP contribution in [-0.4, -0.2) is 40.5 Å². The molecule has 0 aliphatic rings. The summed E-state index contributed by atoms with van der Waals surface area (Å²) in [7, 11) is 0. The fourth-order valence-electron chi connectivity index (χ4n) is 1.26. The highest BCUT2D eigenvalue weighted by molar-refractivity contribution is 5.68. The monoisotopic (exact) mass is 241 g/mol. The maximum absolute atomic E-state index is 10.3. The van der Waals surface area contributed by atoms with E-state index in [-0.39, 0.29) is 6.54 Å². The second kappa shape index (κ2) is 6.19. The van der Waals surface area contributed by atoms with Crippen molar-refractivity contribution in [3.05, 3.63) is 29.8 Å². The van der Waals surface area contributed by atoms with Gasteiger partial charge in [-0.2, -0.15) is 0 Å². The summed E-state index contributed by atoms with van der Waals surface area (Å²) in [4.78, 5) is 10.3. The topological polar surface area (TPSA) is 113 Å². The molecule has 0 amide bonds. The lowest BCUT2D eigenvalue weighted by molar-refractivity contribution is -0.139. The maximum atomic E-state index is 10.3. The van der Waals surface area contributed by atoms with Gasteiger partial charge >= 0.3 is 5.97 Å². The van der Waals surface area contributed by atoms with Crippen molar-refractivity contribution in [1.82, 2.24) is 0 Å². The van der Waals surface area contributed by atoms with Crippen molar-refractivity contribution < 1.29 is 24.9 Å². The molecule has 17 heavy (non-hydrogen) atoms. The van der Waals surface area contributed by atoms with Crippen LogP contribution in [0.25, 0.3) is 0 Å². The third kappa shape index (κ3) is 4.03. The van der Waals surface area contributed by atoms with Crippen LogP contribution < -0.4 is 10.5 Å². The van der Waals surface area contributed by atoms with Gasteiger partial charge in [-0.1, -0.05) is 12.1 Å². The van der Waals surface area contributed by atoms with Crippen molar-refractivity contribution in [2.45, 2.75) is 12.2 Å². The maximum Gasteiger partial charge on any atom is 0.341 e. The van der Waals surface area contributed by atoms with Crippen molar-refractivity contribution in [3.8, 4) is 5.75 Å². The van der Waals surface area contributed by atoms with Gasteiger partial charge in [-0.25, -0.2) is 4.79 Å². The largest absolute Gasteiger partial charge is 0.482 e. The summed E-state index contributed by atoms with van der Waals surface area (Å²) in [5, 5.41) is 27.4. The number of aliphatic hydroxyl groups is 2. The average Bonchev–Trinajstić information content (AvgIpc) is 2.35. The Bertz CT molecular complexity index is 365. The molecule has 0 aliphatic heterocycles. The van der Waals surface area contributed by atoms with Crippen LogP contribution in [0.5, 0.6) is 5.75 Å². The van der Waals surface area contributed by atoms with E-state index in [2.05, 4.69) is 0 Å². The van der Waals surface area contributed by atoms with Gasteiger partial charge in [-0.05, 0) is 17.7 Å². The van der Waals surface area contributed by atoms with E-state index in [0.717, 1.165) is 0 Å². The van der Waals surface area contributed by atoms with Gasteiger partial charge in [-0.15, -0.1) is 0 Å². The Balaban J connectivity index is 2.64. The van der Waals surface area contributed by atoms with Gasteiger partial charge in [-0.3, -0.25) is 0 Å². The summed E-state index contributed by atoms with van der Waals surface area (Å²) in [6, 6.07) is 6.12. The zero-order chi connectivity index (χ0) is 12.8. The van der Waals surface area contributed by atoms with Gasteiger partial charge in [0, 0.05) is 6.54 Å². The molecule has 0 spiro atoms. The van der Waals surface area contributed by atoms with Gasteiger partial charge in [0.2, 0.25) is 0 Å². The Kier molecular flexibility index (Phi) is 4.89. The summed E-state index contributed by atoms with van der Waals surface area (Å²) in [6.07, 6.45) is -2.09. The predicted octanol–water partition coefficient (Wildman–Crippen LogP) is -0.497. The second-order valence-corrected chi connectivity index (χ2v) is 3.50. The molecule has 0 heterocycles. The average molecular weight is 241 g/mol. The molecule has 0 saturated carbocycles. The molecule has 0 bridgehead atoms. The molecular weight excluding hydrogens is 226 g/mol. The van der Waals surface area contributed by atoms with Crippen molar-refractivity contribution in [2.24, 2.45) is 5.73 Å². The number of carboxylic acids is 1. The Morgan fingerprint density at radius 1 is 1.29 bits per heavy atom. The Hall–Kier alpha value is -1.63. The zero-order valence-electron chi connectivity index (χ0n) is 9.11. The Labute approximate surface area is 98.3 Å². The SMILES string of the molecule is NCC(O)C(O)c1ccc(OCC(=O)O)cc1. The molecule has 0 saturated heterocycles. The van der Waals surface area contributed by atoms with Gasteiger partial charge in [0.05, 0.1) is 6.10 Å². The number of carbonyl (C=O) groups is 1. The quantitative estimate of drug-likeness (QED) is 0.534. The second-order valence-electron chi connectivity index (χ2n) is 3.50. The van der Waals surface area contributed by atoms with Crippen LogP contribution in [0, 0.1) is 0 Å². The van der Waals surface area contributed by atoms with E-state index in [1.54, 1.807) is 12.1 Å². The number of aliphatic hydroxyl groups excluding tert-OH is 2. The van der Waals surface area contributed by atoms with Gasteiger partial charge in [0.1, 0.15) is 11.9 Å². The molecule has 1 aromatic carbocycles. The lowest BCUT2D eigenvalue weighted by Gasteiger charge is -2.16. The number of carboxylic acid groups (broad SMARTS) is 1. The van der Waals surface area contributed by atoms with E-state index in [4.69, 9.17) is 15.6 Å². The molecule has 0 aliphatic carbocycles. The zero-order valence-corrected chi connectivity index (χ0v) is 9.11. The molecule has 1 aromatic rings. The van der Waals surface area contributed by atoms with Gasteiger partial charge in [0.15, 0.2) is 6.61 Å². The van der Waals surface area contributed by atoms with Crippen LogP contribution in [0.4, 0.5) is 0 Å². The van der Waals surface area contributed by atoms with Crippen molar-refractivity contribution in [3.63, 3.8) is 0 Å². The number of benzene rings is 1. The molecule has 2 unspecified atom stereocenters. The normalized spacial score (nSPS) is 14.1. The van der Waals surface area contributed by atoms with Crippen LogP contribution >= 0.6 is 0 Å². The lowest BCUT2D eigenvalue weighted by atomic mass is 10.0. The summed E-state index contributed by atoms with van der Waals surface area (Å²) >= 11 is 0. The third-order valence-corrected chi connectivity index (χ3v) is 2.19. The molecule has 94 valence electrons. The van der Waals surface area contributed by atoms with E-state index < -0.39 is 24.8 Å². The van der Waals surface area contributed by atoms with Gasteiger partial charge in [0.25, 0.3) is 0 Å². The van der Waals surface area contributed by atoms with Crippen LogP contribution in [0.1, 0.15) is 11.7 Å². The number of nitrogens with two attached hydrogens (primary N) is 1. The summed E-state index contributed by atoms with van der Waals surface area (Å²) in [5.74, 6) is -0.682. The fraction of sp³-hybridized carbons (Fsp3) is 0.364. The number of hydrogen-bond donors (Lipinski definition) is 4. The molecule has 5 N–H and O–H groups in total. The molecule has 2 atom stereocenters. The first-order valence-electron chi connectivity index (χ1n) is 5.05. The molecular formula is C11H15NO5. The van der Waals surface area contributed by atoms with Crippen LogP contribution in [0.15, 0.2) is 24.3 Å². The number of hydrogen-bond acceptors (Lipinski definition) is 5. The van der Waals surface area contributed by atoms with Gasteiger partial charge < -0.3 is 25.8 Å². The standard InChI is InChI=1S/C11H15NO5/c12-5-9(13)11(16)7-1-3-8(4-2-7)17-6-10(14)15/h1-4,9,11,13,16H,5-6,12H2,(H,14,15). The summed E-state index contributed by atoms with van der Waals surface area (Å²) in [5.41, 5.74) is 5.71. The number of ether oxygens (including phenoxy) is 1. The smallest absolute Gasteiger partial charge is 0.341 e. The highest BCUT2D eigenvalue weighted by atomic mass is 16.5. The number of rotatable bonds is 6. The highest BCUT2D eigenvalue weighted by Crippen LogP contribution is 2.20. The minimum absolute atomic E-state index is 0.0432. The molecule has 0 aromatic heterocycles. The van der Waals surface area contributed by atoms with E-state index in [1.807, 2.05) is 0 Å². The van der Waals surface area contributed by atoms with E-state index in [0.29, 0.717) is 11.3 Å². The first-order valence-corrected chi connectivity index (χ1v) is 5.05. The van der Waals surface area contributed by atoms with Crippen LogP contribution in [0.2, 0.25) is 0 Å². The first kappa shape index (κ1) is 13.4. The first-order chi connectivity index (χ1) is 8.04. The Morgan fingerprint density at radius 3 is 2.35 bits per heavy atom. The highest BCUT2D eigenvalue weighted by Gasteiger charge is 2.16. The van der Waals surface area contributed by atoms with E-state index in [1.165, 1.54) is 12.1 Å². The molecule has 0 fully saturated rings. The van der Waals surface area contributed by atoms with E-state index in [9.17, 15) is 15.0 Å². The van der Waals surface area contributed by atoms with E-state index >= 15 is 0 Å². The minimum atomic E-state index is -1.06. The predicted molar refractivity (Wildman–Crippen MR) is 59.6 cm³/mol. The molecule has 6 nitrogen and oxygen atoms in total. The molecule has 6 heteroatoms. The molecule has 0 radical (unpaired) electrons. The summed E-state index contributed by atoms with van der Waals surface area (Å²) < 4.78 is 4.92. The summed E-state index contributed by atoms with van der Waals surface area (Å²) in [6.45, 7) is -0.467. The van der Waals surface area contributed by atoms with Crippen molar-refractivity contribution in [1.29, 1.82) is 0 Å².